The van der Waals surface area contributed by atoms with Crippen LogP contribution in [0.3, 0.4) is 0 Å². The number of nitrogens with one attached hydrogen (secondary N) is 1. The van der Waals surface area contributed by atoms with Gasteiger partial charge in [0.15, 0.2) is 0 Å². The molecule has 86 valence electrons. The maximum Gasteiger partial charge on any atom is 0.0937 e. The Bertz CT molecular complexity index is 264. The molecule has 1 unspecified atom stereocenters. The molecule has 0 aliphatic rings. The lowest BCUT2D eigenvalue weighted by molar-refractivity contribution is 0.310. The van der Waals surface area contributed by atoms with Crippen LogP contribution in [-0.4, -0.2) is 24.1 Å². The fourth-order valence-electron chi connectivity index (χ4n) is 1.14. The second kappa shape index (κ2) is 5.58. The molecule has 4 heteroatoms. The lowest BCUT2D eigenvalue weighted by atomic mass is 9.87. The largest absolute Gasteiger partial charge is 0.326 e. The van der Waals surface area contributed by atoms with Crippen molar-refractivity contribution in [1.29, 1.82) is 0 Å². The van der Waals surface area contributed by atoms with E-state index >= 15 is 0 Å². The van der Waals surface area contributed by atoms with Gasteiger partial charge in [-0.3, -0.25) is 0 Å². The fourth-order valence-corrected chi connectivity index (χ4v) is 1.76. The van der Waals surface area contributed by atoms with Crippen molar-refractivity contribution < 1.29 is 0 Å². The Morgan fingerprint density at radius 1 is 1.53 bits per heavy atom. The van der Waals surface area contributed by atoms with E-state index in [-0.39, 0.29) is 11.5 Å². The summed E-state index contributed by atoms with van der Waals surface area (Å²) in [5, 5.41) is 6.57. The van der Waals surface area contributed by atoms with Crippen LogP contribution < -0.4 is 11.1 Å². The summed E-state index contributed by atoms with van der Waals surface area (Å²) in [5.41, 5.74) is 6.21. The normalized spacial score (nSPS) is 14.1. The molecular weight excluding hydrogens is 206 g/mol. The molecule has 0 spiro atoms. The maximum atomic E-state index is 6.03. The van der Waals surface area contributed by atoms with Crippen molar-refractivity contribution in [1.82, 2.24) is 10.3 Å². The summed E-state index contributed by atoms with van der Waals surface area (Å²) in [6, 6.07) is 0.203. The minimum atomic E-state index is 0.175. The smallest absolute Gasteiger partial charge is 0.0937 e. The van der Waals surface area contributed by atoms with Crippen molar-refractivity contribution in [3.8, 4) is 0 Å². The van der Waals surface area contributed by atoms with E-state index < -0.39 is 0 Å². The summed E-state index contributed by atoms with van der Waals surface area (Å²) in [4.78, 5) is 4.23. The summed E-state index contributed by atoms with van der Waals surface area (Å²) in [5.74, 6) is 0. The zero-order chi connectivity index (χ0) is 11.3. The summed E-state index contributed by atoms with van der Waals surface area (Å²) in [6.07, 6.45) is 2.84. The minimum absolute atomic E-state index is 0.175. The average Bonchev–Trinajstić information content (AvgIpc) is 2.63. The molecule has 0 aliphatic carbocycles. The van der Waals surface area contributed by atoms with Gasteiger partial charge in [-0.15, -0.1) is 11.3 Å². The van der Waals surface area contributed by atoms with Gasteiger partial charge in [-0.05, 0) is 5.41 Å². The Balaban J connectivity index is 2.12. The van der Waals surface area contributed by atoms with Crippen LogP contribution >= 0.6 is 11.3 Å². The van der Waals surface area contributed by atoms with Crippen molar-refractivity contribution in [2.24, 2.45) is 11.1 Å². The molecule has 0 aliphatic heterocycles. The molecule has 0 fully saturated rings. The van der Waals surface area contributed by atoms with Gasteiger partial charge in [0.1, 0.15) is 0 Å². The molecule has 3 N–H and O–H groups in total. The van der Waals surface area contributed by atoms with Crippen LogP contribution in [0.4, 0.5) is 0 Å². The number of thiazole rings is 1. The first kappa shape index (κ1) is 12.6. The molecule has 0 saturated carbocycles. The first-order valence-electron chi connectivity index (χ1n) is 5.35. The van der Waals surface area contributed by atoms with Crippen LogP contribution in [-0.2, 0) is 6.42 Å². The highest BCUT2D eigenvalue weighted by molar-refractivity contribution is 7.09. The van der Waals surface area contributed by atoms with E-state index in [1.54, 1.807) is 11.3 Å². The standard InChI is InChI=1S/C11H21N3S/c1-11(2,3)9(12)8-13-5-4-10-14-6-7-15-10/h6-7,9,13H,4-5,8,12H2,1-3H3. The van der Waals surface area contributed by atoms with Crippen molar-refractivity contribution in [2.45, 2.75) is 33.2 Å². The van der Waals surface area contributed by atoms with Gasteiger partial charge >= 0.3 is 0 Å². The van der Waals surface area contributed by atoms with E-state index in [1.807, 2.05) is 11.6 Å². The number of rotatable bonds is 5. The molecule has 1 aromatic heterocycles. The molecule has 3 nitrogen and oxygen atoms in total. The Hall–Kier alpha value is -0.450. The fraction of sp³-hybridized carbons (Fsp3) is 0.727. The van der Waals surface area contributed by atoms with E-state index in [4.69, 9.17) is 5.73 Å². The van der Waals surface area contributed by atoms with Crippen molar-refractivity contribution in [3.05, 3.63) is 16.6 Å². The summed E-state index contributed by atoms with van der Waals surface area (Å²) >= 11 is 1.70. The van der Waals surface area contributed by atoms with Crippen LogP contribution in [0.15, 0.2) is 11.6 Å². The molecule has 0 radical (unpaired) electrons. The van der Waals surface area contributed by atoms with Crippen molar-refractivity contribution in [3.63, 3.8) is 0 Å². The molecule has 1 rings (SSSR count). The van der Waals surface area contributed by atoms with E-state index in [1.165, 1.54) is 5.01 Å². The van der Waals surface area contributed by atoms with Crippen LogP contribution in [0, 0.1) is 5.41 Å². The molecule has 0 bridgehead atoms. The van der Waals surface area contributed by atoms with Crippen molar-refractivity contribution >= 4 is 11.3 Å². The SMILES string of the molecule is CC(C)(C)C(N)CNCCc1nccs1. The first-order chi connectivity index (χ1) is 7.00. The predicted octanol–water partition coefficient (Wildman–Crippen LogP) is 1.65. The minimum Gasteiger partial charge on any atom is -0.326 e. The lowest BCUT2D eigenvalue weighted by Gasteiger charge is -2.27. The number of hydrogen-bond donors (Lipinski definition) is 2. The molecule has 0 amide bonds. The predicted molar refractivity (Wildman–Crippen MR) is 66.1 cm³/mol. The third kappa shape index (κ3) is 4.73. The van der Waals surface area contributed by atoms with E-state index in [2.05, 4.69) is 31.1 Å². The third-order valence-electron chi connectivity index (χ3n) is 2.48. The van der Waals surface area contributed by atoms with Gasteiger partial charge in [0.25, 0.3) is 0 Å². The Kier molecular flexibility index (Phi) is 4.70. The van der Waals surface area contributed by atoms with Crippen LogP contribution in [0.2, 0.25) is 0 Å². The molecule has 1 aromatic rings. The van der Waals surface area contributed by atoms with Crippen LogP contribution in [0.25, 0.3) is 0 Å². The van der Waals surface area contributed by atoms with Crippen LogP contribution in [0.1, 0.15) is 25.8 Å². The van der Waals surface area contributed by atoms with Gasteiger partial charge in [-0.1, -0.05) is 20.8 Å². The second-order valence-electron chi connectivity index (χ2n) is 4.85. The monoisotopic (exact) mass is 227 g/mol. The summed E-state index contributed by atoms with van der Waals surface area (Å²) in [6.45, 7) is 8.33. The molecule has 1 heterocycles. The number of aromatic nitrogens is 1. The highest BCUT2D eigenvalue weighted by Gasteiger charge is 2.19. The van der Waals surface area contributed by atoms with Crippen molar-refractivity contribution in [2.75, 3.05) is 13.1 Å². The highest BCUT2D eigenvalue weighted by Crippen LogP contribution is 2.16. The number of nitrogens with zero attached hydrogens (tertiary/aromatic N) is 1. The van der Waals surface area contributed by atoms with E-state index in [0.717, 1.165) is 19.5 Å². The first-order valence-corrected chi connectivity index (χ1v) is 6.23. The topological polar surface area (TPSA) is 50.9 Å². The molecule has 1 atom stereocenters. The molecule has 0 saturated heterocycles. The zero-order valence-electron chi connectivity index (χ0n) is 9.79. The zero-order valence-corrected chi connectivity index (χ0v) is 10.6. The summed E-state index contributed by atoms with van der Waals surface area (Å²) < 4.78 is 0. The number of hydrogen-bond acceptors (Lipinski definition) is 4. The number of nitrogens with two attached hydrogens (primary N) is 1. The van der Waals surface area contributed by atoms with E-state index in [0.29, 0.717) is 0 Å². The van der Waals surface area contributed by atoms with Gasteiger partial charge in [-0.2, -0.15) is 0 Å². The van der Waals surface area contributed by atoms with Crippen LogP contribution in [0.5, 0.6) is 0 Å². The van der Waals surface area contributed by atoms with Gasteiger partial charge in [0, 0.05) is 37.1 Å². The third-order valence-corrected chi connectivity index (χ3v) is 3.32. The Labute approximate surface area is 96.1 Å². The second-order valence-corrected chi connectivity index (χ2v) is 5.83. The van der Waals surface area contributed by atoms with Gasteiger partial charge in [0.2, 0.25) is 0 Å². The highest BCUT2D eigenvalue weighted by atomic mass is 32.1. The molecular formula is C11H21N3S. The quantitative estimate of drug-likeness (QED) is 0.752. The van der Waals surface area contributed by atoms with E-state index in [9.17, 15) is 0 Å². The maximum absolute atomic E-state index is 6.03. The molecule has 15 heavy (non-hydrogen) atoms. The lowest BCUT2D eigenvalue weighted by Crippen LogP contribution is -2.43. The Morgan fingerprint density at radius 3 is 2.80 bits per heavy atom. The summed E-state index contributed by atoms with van der Waals surface area (Å²) in [7, 11) is 0. The molecule has 0 aromatic carbocycles. The van der Waals surface area contributed by atoms with Gasteiger partial charge in [-0.25, -0.2) is 4.98 Å². The van der Waals surface area contributed by atoms with Gasteiger partial charge < -0.3 is 11.1 Å². The Morgan fingerprint density at radius 2 is 2.27 bits per heavy atom. The average molecular weight is 227 g/mol. The van der Waals surface area contributed by atoms with Gasteiger partial charge in [0.05, 0.1) is 5.01 Å².